The Hall–Kier alpha value is -3.03. The Morgan fingerprint density at radius 2 is 1.44 bits per heavy atom. The summed E-state index contributed by atoms with van der Waals surface area (Å²) >= 11 is 0. The Labute approximate surface area is 142 Å². The summed E-state index contributed by atoms with van der Waals surface area (Å²) in [6.07, 6.45) is 0. The highest BCUT2D eigenvalue weighted by atomic mass is 32.2. The van der Waals surface area contributed by atoms with Crippen molar-refractivity contribution in [3.05, 3.63) is 65.7 Å². The summed E-state index contributed by atoms with van der Waals surface area (Å²) in [4.78, 5) is 23.7. The number of esters is 2. The SMILES string of the molecule is O=C1OC(=O)c2cc(S(=O)(=O)O)cc3c(-c4ccccc4)ccc1c23. The summed E-state index contributed by atoms with van der Waals surface area (Å²) in [6.45, 7) is 0. The molecule has 0 aromatic heterocycles. The molecule has 6 nitrogen and oxygen atoms in total. The first-order valence-corrected chi connectivity index (χ1v) is 8.70. The molecule has 3 aromatic rings. The maximum atomic E-state index is 12.1. The van der Waals surface area contributed by atoms with Gasteiger partial charge in [0.15, 0.2) is 0 Å². The average molecular weight is 354 g/mol. The Morgan fingerprint density at radius 3 is 2.12 bits per heavy atom. The molecule has 1 heterocycles. The third-order valence-corrected chi connectivity index (χ3v) is 4.93. The molecule has 1 N–H and O–H groups in total. The lowest BCUT2D eigenvalue weighted by molar-refractivity contribution is 0.0391. The molecule has 0 spiro atoms. The molecule has 7 heteroatoms. The molecule has 0 saturated carbocycles. The number of carbonyl (C=O) groups is 2. The highest BCUT2D eigenvalue weighted by Crippen LogP contribution is 2.37. The van der Waals surface area contributed by atoms with Gasteiger partial charge in [-0.05, 0) is 34.7 Å². The Kier molecular flexibility index (Phi) is 3.24. The maximum absolute atomic E-state index is 12.1. The second-order valence-electron chi connectivity index (χ2n) is 5.57. The third kappa shape index (κ3) is 2.41. The Balaban J connectivity index is 2.20. The van der Waals surface area contributed by atoms with Gasteiger partial charge in [0.1, 0.15) is 0 Å². The zero-order valence-corrected chi connectivity index (χ0v) is 13.4. The highest BCUT2D eigenvalue weighted by Gasteiger charge is 2.30. The van der Waals surface area contributed by atoms with Gasteiger partial charge in [0.2, 0.25) is 0 Å². The van der Waals surface area contributed by atoms with Crippen LogP contribution in [-0.4, -0.2) is 24.9 Å². The van der Waals surface area contributed by atoms with Crippen molar-refractivity contribution < 1.29 is 27.3 Å². The summed E-state index contributed by atoms with van der Waals surface area (Å²) in [5.74, 6) is -1.74. The van der Waals surface area contributed by atoms with Gasteiger partial charge < -0.3 is 4.74 Å². The van der Waals surface area contributed by atoms with E-state index in [1.807, 2.05) is 30.3 Å². The van der Waals surface area contributed by atoms with E-state index < -0.39 is 27.0 Å². The van der Waals surface area contributed by atoms with E-state index >= 15 is 0 Å². The molecule has 0 saturated heterocycles. The average Bonchev–Trinajstić information content (AvgIpc) is 2.58. The number of hydrogen-bond donors (Lipinski definition) is 1. The summed E-state index contributed by atoms with van der Waals surface area (Å²) in [7, 11) is -4.54. The van der Waals surface area contributed by atoms with E-state index in [9.17, 15) is 22.6 Å². The second-order valence-corrected chi connectivity index (χ2v) is 6.99. The van der Waals surface area contributed by atoms with E-state index in [0.717, 1.165) is 11.6 Å². The molecule has 0 amide bonds. The fourth-order valence-corrected chi connectivity index (χ4v) is 3.54. The van der Waals surface area contributed by atoms with E-state index in [1.54, 1.807) is 6.07 Å². The molecule has 4 rings (SSSR count). The largest absolute Gasteiger partial charge is 0.386 e. The lowest BCUT2D eigenvalue weighted by atomic mass is 9.91. The lowest BCUT2D eigenvalue weighted by Crippen LogP contribution is -2.20. The molecule has 0 unspecified atom stereocenters. The van der Waals surface area contributed by atoms with Crippen molar-refractivity contribution in [2.75, 3.05) is 0 Å². The summed E-state index contributed by atoms with van der Waals surface area (Å²) in [6, 6.07) is 14.6. The first-order chi connectivity index (χ1) is 11.9. The van der Waals surface area contributed by atoms with Gasteiger partial charge in [-0.25, -0.2) is 9.59 Å². The first-order valence-electron chi connectivity index (χ1n) is 7.26. The molecule has 0 aliphatic carbocycles. The van der Waals surface area contributed by atoms with Crippen LogP contribution in [0.15, 0.2) is 59.5 Å². The predicted octanol–water partition coefficient (Wildman–Crippen LogP) is 3.06. The molecule has 124 valence electrons. The standard InChI is InChI=1S/C18H10O6S/c19-17-13-7-6-12(10-4-2-1-3-5-10)14-8-11(25(21,22)23)9-15(16(13)14)18(20)24-17/h1-9H,(H,21,22,23). The van der Waals surface area contributed by atoms with Crippen LogP contribution in [0.2, 0.25) is 0 Å². The van der Waals surface area contributed by atoms with E-state index in [0.29, 0.717) is 16.3 Å². The summed E-state index contributed by atoms with van der Waals surface area (Å²) < 4.78 is 37.3. The normalized spacial score (nSPS) is 13.8. The number of hydrogen-bond acceptors (Lipinski definition) is 5. The number of ether oxygens (including phenoxy) is 1. The van der Waals surface area contributed by atoms with Crippen LogP contribution < -0.4 is 0 Å². The number of rotatable bonds is 2. The molecule has 25 heavy (non-hydrogen) atoms. The minimum Gasteiger partial charge on any atom is -0.386 e. The fourth-order valence-electron chi connectivity index (χ4n) is 3.00. The van der Waals surface area contributed by atoms with Gasteiger partial charge in [-0.1, -0.05) is 36.4 Å². The van der Waals surface area contributed by atoms with Crippen molar-refractivity contribution in [2.45, 2.75) is 4.90 Å². The number of carbonyl (C=O) groups excluding carboxylic acids is 2. The topological polar surface area (TPSA) is 97.7 Å². The van der Waals surface area contributed by atoms with Crippen molar-refractivity contribution in [2.24, 2.45) is 0 Å². The van der Waals surface area contributed by atoms with Crippen LogP contribution in [0.5, 0.6) is 0 Å². The quantitative estimate of drug-likeness (QED) is 0.431. The van der Waals surface area contributed by atoms with Crippen molar-refractivity contribution >= 4 is 32.8 Å². The minimum absolute atomic E-state index is 0.0718. The van der Waals surface area contributed by atoms with Gasteiger partial charge in [0.25, 0.3) is 10.1 Å². The van der Waals surface area contributed by atoms with Gasteiger partial charge >= 0.3 is 11.9 Å². The van der Waals surface area contributed by atoms with Gasteiger partial charge in [-0.3, -0.25) is 4.55 Å². The van der Waals surface area contributed by atoms with Gasteiger partial charge in [-0.15, -0.1) is 0 Å². The smallest absolute Gasteiger partial charge is 0.346 e. The molecular weight excluding hydrogens is 344 g/mol. The van der Waals surface area contributed by atoms with E-state index in [4.69, 9.17) is 0 Å². The Bertz CT molecular complexity index is 1160. The summed E-state index contributed by atoms with van der Waals surface area (Å²) in [5.41, 5.74) is 1.51. The van der Waals surface area contributed by atoms with E-state index in [-0.39, 0.29) is 11.1 Å². The highest BCUT2D eigenvalue weighted by molar-refractivity contribution is 7.85. The number of benzene rings is 3. The number of cyclic esters (lactones) is 2. The molecule has 3 aromatic carbocycles. The van der Waals surface area contributed by atoms with Crippen molar-refractivity contribution in [1.82, 2.24) is 0 Å². The Morgan fingerprint density at radius 1 is 0.800 bits per heavy atom. The van der Waals surface area contributed by atoms with E-state index in [2.05, 4.69) is 4.74 Å². The fraction of sp³-hybridized carbons (Fsp3) is 0. The van der Waals surface area contributed by atoms with Crippen LogP contribution in [0.1, 0.15) is 20.7 Å². The van der Waals surface area contributed by atoms with Crippen molar-refractivity contribution in [3.63, 3.8) is 0 Å². The van der Waals surface area contributed by atoms with Crippen LogP contribution in [0.25, 0.3) is 21.9 Å². The molecule has 1 aliphatic heterocycles. The zero-order chi connectivity index (χ0) is 17.8. The van der Waals surface area contributed by atoms with Gasteiger partial charge in [0, 0.05) is 5.39 Å². The zero-order valence-electron chi connectivity index (χ0n) is 12.6. The van der Waals surface area contributed by atoms with Crippen LogP contribution in [0, 0.1) is 0 Å². The maximum Gasteiger partial charge on any atom is 0.346 e. The molecular formula is C18H10O6S. The van der Waals surface area contributed by atoms with Crippen LogP contribution in [-0.2, 0) is 14.9 Å². The van der Waals surface area contributed by atoms with Crippen molar-refractivity contribution in [3.8, 4) is 11.1 Å². The minimum atomic E-state index is -4.54. The van der Waals surface area contributed by atoms with E-state index in [1.165, 1.54) is 12.1 Å². The predicted molar refractivity (Wildman–Crippen MR) is 88.9 cm³/mol. The molecule has 0 radical (unpaired) electrons. The van der Waals surface area contributed by atoms with Crippen LogP contribution >= 0.6 is 0 Å². The monoisotopic (exact) mass is 354 g/mol. The summed E-state index contributed by atoms with van der Waals surface area (Å²) in [5, 5.41) is 0.689. The molecule has 0 bridgehead atoms. The van der Waals surface area contributed by atoms with Crippen molar-refractivity contribution in [1.29, 1.82) is 0 Å². The first kappa shape index (κ1) is 15.5. The third-order valence-electron chi connectivity index (χ3n) is 4.10. The molecule has 0 fully saturated rings. The second kappa shape index (κ2) is 5.23. The van der Waals surface area contributed by atoms with Gasteiger partial charge in [0.05, 0.1) is 16.0 Å². The molecule has 0 atom stereocenters. The molecule has 1 aliphatic rings. The van der Waals surface area contributed by atoms with Gasteiger partial charge in [-0.2, -0.15) is 8.42 Å². The lowest BCUT2D eigenvalue weighted by Gasteiger charge is -2.18. The van der Waals surface area contributed by atoms with Crippen LogP contribution in [0.3, 0.4) is 0 Å². The van der Waals surface area contributed by atoms with Crippen LogP contribution in [0.4, 0.5) is 0 Å².